The molecule has 0 aliphatic heterocycles. The van der Waals surface area contributed by atoms with Crippen LogP contribution in [0.4, 0.5) is 0 Å². The van der Waals surface area contributed by atoms with Crippen molar-refractivity contribution < 1.29 is 0 Å². The van der Waals surface area contributed by atoms with Gasteiger partial charge in [-0.25, -0.2) is 9.50 Å². The maximum Gasteiger partial charge on any atom is 0.155 e. The quantitative estimate of drug-likeness (QED) is 0.866. The first-order chi connectivity index (χ1) is 7.20. The van der Waals surface area contributed by atoms with E-state index < -0.39 is 0 Å². The summed E-state index contributed by atoms with van der Waals surface area (Å²) >= 11 is 5.86. The van der Waals surface area contributed by atoms with Crippen molar-refractivity contribution in [3.63, 3.8) is 0 Å². The van der Waals surface area contributed by atoms with Crippen molar-refractivity contribution in [3.05, 3.63) is 29.2 Å². The Morgan fingerprint density at radius 3 is 3.07 bits per heavy atom. The average molecular weight is 225 g/mol. The first-order valence-corrected chi connectivity index (χ1v) is 5.30. The van der Waals surface area contributed by atoms with E-state index in [2.05, 4.69) is 17.0 Å². The van der Waals surface area contributed by atoms with E-state index >= 15 is 0 Å². The zero-order chi connectivity index (χ0) is 10.8. The number of aromatic nitrogens is 3. The summed E-state index contributed by atoms with van der Waals surface area (Å²) in [6.07, 6.45) is 2.65. The Hall–Kier alpha value is -1.13. The van der Waals surface area contributed by atoms with E-state index in [1.54, 1.807) is 10.7 Å². The minimum atomic E-state index is 0.286. The molecule has 4 nitrogen and oxygen atoms in total. The number of nitrogens with zero attached hydrogens (tertiary/aromatic N) is 3. The third kappa shape index (κ3) is 2.11. The van der Waals surface area contributed by atoms with Crippen LogP contribution in [0, 0.1) is 0 Å². The Morgan fingerprint density at radius 2 is 2.33 bits per heavy atom. The Kier molecular flexibility index (Phi) is 2.88. The number of rotatable bonds is 3. The Bertz CT molecular complexity index is 465. The van der Waals surface area contributed by atoms with E-state index in [9.17, 15) is 0 Å². The molecule has 1 atom stereocenters. The summed E-state index contributed by atoms with van der Waals surface area (Å²) in [6, 6.07) is 3.66. The van der Waals surface area contributed by atoms with Gasteiger partial charge in [0.25, 0.3) is 0 Å². The minimum absolute atomic E-state index is 0.286. The van der Waals surface area contributed by atoms with Crippen LogP contribution in [0.5, 0.6) is 0 Å². The molecule has 0 amide bonds. The molecule has 5 heteroatoms. The number of halogens is 1. The largest absolute Gasteiger partial charge is 0.330 e. The van der Waals surface area contributed by atoms with Gasteiger partial charge in [-0.15, -0.1) is 0 Å². The molecule has 0 aliphatic carbocycles. The van der Waals surface area contributed by atoms with E-state index in [4.69, 9.17) is 17.3 Å². The summed E-state index contributed by atoms with van der Waals surface area (Å²) in [6.45, 7) is 2.72. The summed E-state index contributed by atoms with van der Waals surface area (Å²) in [5, 5.41) is 5.02. The average Bonchev–Trinajstić information content (AvgIpc) is 2.60. The summed E-state index contributed by atoms with van der Waals surface area (Å²) in [5.41, 5.74) is 6.32. The molecule has 0 fully saturated rings. The van der Waals surface area contributed by atoms with Gasteiger partial charge >= 0.3 is 0 Å². The zero-order valence-electron chi connectivity index (χ0n) is 8.52. The summed E-state index contributed by atoms with van der Waals surface area (Å²) in [7, 11) is 0. The molecule has 2 aromatic heterocycles. The normalized spacial score (nSPS) is 13.3. The fourth-order valence-electron chi connectivity index (χ4n) is 1.46. The van der Waals surface area contributed by atoms with Crippen molar-refractivity contribution in [1.82, 2.24) is 14.6 Å². The van der Waals surface area contributed by atoms with Crippen LogP contribution in [0.1, 0.15) is 25.1 Å². The molecule has 2 heterocycles. The van der Waals surface area contributed by atoms with Crippen molar-refractivity contribution in [2.75, 3.05) is 6.54 Å². The van der Waals surface area contributed by atoms with Gasteiger partial charge in [0.2, 0.25) is 0 Å². The highest BCUT2D eigenvalue weighted by Gasteiger charge is 2.11. The first kappa shape index (κ1) is 10.4. The smallest absolute Gasteiger partial charge is 0.155 e. The lowest BCUT2D eigenvalue weighted by Crippen LogP contribution is -2.05. The topological polar surface area (TPSA) is 56.2 Å². The van der Waals surface area contributed by atoms with E-state index in [0.717, 1.165) is 17.9 Å². The summed E-state index contributed by atoms with van der Waals surface area (Å²) < 4.78 is 1.70. The summed E-state index contributed by atoms with van der Waals surface area (Å²) in [4.78, 5) is 4.41. The van der Waals surface area contributed by atoms with Gasteiger partial charge in [0.15, 0.2) is 11.5 Å². The third-order valence-electron chi connectivity index (χ3n) is 2.35. The van der Waals surface area contributed by atoms with Crippen molar-refractivity contribution in [2.45, 2.75) is 19.3 Å². The predicted octanol–water partition coefficient (Wildman–Crippen LogP) is 1.83. The lowest BCUT2D eigenvalue weighted by atomic mass is 10.1. The first-order valence-electron chi connectivity index (χ1n) is 4.92. The molecule has 0 radical (unpaired) electrons. The molecule has 15 heavy (non-hydrogen) atoms. The van der Waals surface area contributed by atoms with Gasteiger partial charge in [0, 0.05) is 12.1 Å². The third-order valence-corrected chi connectivity index (χ3v) is 2.58. The molecular weight excluding hydrogens is 212 g/mol. The van der Waals surface area contributed by atoms with Crippen LogP contribution in [0.25, 0.3) is 5.65 Å². The van der Waals surface area contributed by atoms with Gasteiger partial charge in [0.1, 0.15) is 0 Å². The highest BCUT2D eigenvalue weighted by Crippen LogP contribution is 2.16. The number of hydrogen-bond acceptors (Lipinski definition) is 3. The number of nitrogens with two attached hydrogens (primary N) is 1. The SMILES string of the molecule is CC(CCN)c1nc2ccc(Cl)cn2n1. The second-order valence-corrected chi connectivity index (χ2v) is 4.03. The standard InChI is InChI=1S/C10H13ClN4/c1-7(4-5-12)10-13-9-3-2-8(11)6-15(9)14-10/h2-3,6-7H,4-5,12H2,1H3. The van der Waals surface area contributed by atoms with Crippen molar-refractivity contribution in [1.29, 1.82) is 0 Å². The maximum absolute atomic E-state index is 5.86. The van der Waals surface area contributed by atoms with Crippen molar-refractivity contribution in [2.24, 2.45) is 5.73 Å². The van der Waals surface area contributed by atoms with Crippen LogP contribution in [0.3, 0.4) is 0 Å². The molecule has 0 aromatic carbocycles. The molecular formula is C10H13ClN4. The van der Waals surface area contributed by atoms with E-state index in [0.29, 0.717) is 11.6 Å². The molecule has 2 rings (SSSR count). The number of pyridine rings is 1. The number of fused-ring (bicyclic) bond motifs is 1. The fourth-order valence-corrected chi connectivity index (χ4v) is 1.62. The van der Waals surface area contributed by atoms with Crippen LogP contribution in [0.15, 0.2) is 18.3 Å². The van der Waals surface area contributed by atoms with Gasteiger partial charge in [0.05, 0.1) is 5.02 Å². The number of hydrogen-bond donors (Lipinski definition) is 1. The minimum Gasteiger partial charge on any atom is -0.330 e. The monoisotopic (exact) mass is 224 g/mol. The molecule has 0 saturated heterocycles. The molecule has 0 bridgehead atoms. The molecule has 1 unspecified atom stereocenters. The predicted molar refractivity (Wildman–Crippen MR) is 60.1 cm³/mol. The molecule has 0 saturated carbocycles. The molecule has 0 spiro atoms. The van der Waals surface area contributed by atoms with Crippen LogP contribution in [0.2, 0.25) is 5.02 Å². The van der Waals surface area contributed by atoms with E-state index in [-0.39, 0.29) is 5.92 Å². The van der Waals surface area contributed by atoms with Crippen LogP contribution in [-0.4, -0.2) is 21.1 Å². The highest BCUT2D eigenvalue weighted by molar-refractivity contribution is 6.30. The Morgan fingerprint density at radius 1 is 1.53 bits per heavy atom. The lowest BCUT2D eigenvalue weighted by Gasteiger charge is -2.02. The van der Waals surface area contributed by atoms with Gasteiger partial charge in [-0.05, 0) is 25.1 Å². The highest BCUT2D eigenvalue weighted by atomic mass is 35.5. The van der Waals surface area contributed by atoms with E-state index in [1.165, 1.54) is 0 Å². The molecule has 2 N–H and O–H groups in total. The lowest BCUT2D eigenvalue weighted by molar-refractivity contribution is 0.646. The molecule has 80 valence electrons. The van der Waals surface area contributed by atoms with Crippen molar-refractivity contribution >= 4 is 17.2 Å². The Labute approximate surface area is 93.1 Å². The van der Waals surface area contributed by atoms with Gasteiger partial charge in [-0.1, -0.05) is 18.5 Å². The second-order valence-electron chi connectivity index (χ2n) is 3.60. The van der Waals surface area contributed by atoms with Crippen LogP contribution >= 0.6 is 11.6 Å². The maximum atomic E-state index is 5.86. The second kappa shape index (κ2) is 4.16. The zero-order valence-corrected chi connectivity index (χ0v) is 9.28. The van der Waals surface area contributed by atoms with Crippen molar-refractivity contribution in [3.8, 4) is 0 Å². The molecule has 2 aromatic rings. The van der Waals surface area contributed by atoms with Gasteiger partial charge < -0.3 is 5.73 Å². The van der Waals surface area contributed by atoms with Gasteiger partial charge in [-0.2, -0.15) is 5.10 Å². The van der Waals surface area contributed by atoms with Crippen LogP contribution in [-0.2, 0) is 0 Å². The van der Waals surface area contributed by atoms with E-state index in [1.807, 2.05) is 12.1 Å². The Balaban J connectivity index is 2.38. The fraction of sp³-hybridized carbons (Fsp3) is 0.400. The summed E-state index contributed by atoms with van der Waals surface area (Å²) in [5.74, 6) is 1.11. The van der Waals surface area contributed by atoms with Gasteiger partial charge in [-0.3, -0.25) is 0 Å². The molecule has 0 aliphatic rings. The van der Waals surface area contributed by atoms with Crippen LogP contribution < -0.4 is 5.73 Å².